The standard InChI is InChI=1S/C28H29N3O4/c1-2-34-16-15-31-25-18-24(35-23-11-7-4-8-12-23)14-13-21(25)17-22(28(31)33)19-30-26(27(29)32)20-9-5-3-6-10-20/h3-14,17-18,26,30H,2,15-16,19H2,1H3,(H2,29,32)/t26-/m0/s1. The number of carbonyl (C=O) groups excluding carboxylic acids is 1. The van der Waals surface area contributed by atoms with E-state index in [4.69, 9.17) is 15.2 Å². The van der Waals surface area contributed by atoms with Crippen molar-refractivity contribution in [3.05, 3.63) is 106 Å². The number of carbonyl (C=O) groups is 1. The van der Waals surface area contributed by atoms with E-state index in [0.717, 1.165) is 16.5 Å². The monoisotopic (exact) mass is 471 g/mol. The quantitative estimate of drug-likeness (QED) is 0.321. The summed E-state index contributed by atoms with van der Waals surface area (Å²) in [4.78, 5) is 25.6. The summed E-state index contributed by atoms with van der Waals surface area (Å²) in [5.41, 5.74) is 7.52. The molecule has 3 N–H and O–H groups in total. The van der Waals surface area contributed by atoms with E-state index < -0.39 is 11.9 Å². The molecule has 180 valence electrons. The van der Waals surface area contributed by atoms with Crippen LogP contribution in [-0.4, -0.2) is 23.7 Å². The minimum absolute atomic E-state index is 0.155. The molecule has 7 nitrogen and oxygen atoms in total. The van der Waals surface area contributed by atoms with Crippen molar-refractivity contribution in [2.75, 3.05) is 13.2 Å². The van der Waals surface area contributed by atoms with Gasteiger partial charge in [0, 0.05) is 31.3 Å². The zero-order valence-corrected chi connectivity index (χ0v) is 19.6. The van der Waals surface area contributed by atoms with Crippen molar-refractivity contribution >= 4 is 16.8 Å². The molecule has 1 aromatic heterocycles. The fraction of sp³-hybridized carbons (Fsp3) is 0.214. The van der Waals surface area contributed by atoms with Crippen LogP contribution in [-0.2, 0) is 22.6 Å². The van der Waals surface area contributed by atoms with Crippen LogP contribution in [0.2, 0.25) is 0 Å². The van der Waals surface area contributed by atoms with Crippen LogP contribution >= 0.6 is 0 Å². The highest BCUT2D eigenvalue weighted by atomic mass is 16.5. The van der Waals surface area contributed by atoms with E-state index in [1.54, 1.807) is 4.57 Å². The second-order valence-corrected chi connectivity index (χ2v) is 8.09. The first-order valence-corrected chi connectivity index (χ1v) is 11.6. The van der Waals surface area contributed by atoms with E-state index in [1.165, 1.54) is 0 Å². The van der Waals surface area contributed by atoms with Crippen molar-refractivity contribution in [3.8, 4) is 11.5 Å². The zero-order chi connectivity index (χ0) is 24.6. The van der Waals surface area contributed by atoms with E-state index in [1.807, 2.05) is 91.9 Å². The average Bonchev–Trinajstić information content (AvgIpc) is 2.87. The van der Waals surface area contributed by atoms with Gasteiger partial charge in [0.05, 0.1) is 12.1 Å². The van der Waals surface area contributed by atoms with E-state index in [9.17, 15) is 9.59 Å². The second kappa shape index (κ2) is 11.5. The molecule has 3 aromatic carbocycles. The van der Waals surface area contributed by atoms with Crippen molar-refractivity contribution < 1.29 is 14.3 Å². The first-order valence-electron chi connectivity index (χ1n) is 11.6. The number of para-hydroxylation sites is 1. The summed E-state index contributed by atoms with van der Waals surface area (Å²) in [7, 11) is 0. The molecular weight excluding hydrogens is 442 g/mol. The number of benzene rings is 3. The Labute approximate surface area is 204 Å². The maximum absolute atomic E-state index is 13.5. The lowest BCUT2D eigenvalue weighted by atomic mass is 10.1. The molecule has 0 spiro atoms. The van der Waals surface area contributed by atoms with Gasteiger partial charge in [-0.15, -0.1) is 0 Å². The van der Waals surface area contributed by atoms with E-state index in [2.05, 4.69) is 5.32 Å². The van der Waals surface area contributed by atoms with Crippen molar-refractivity contribution in [2.24, 2.45) is 5.73 Å². The van der Waals surface area contributed by atoms with Gasteiger partial charge in [-0.1, -0.05) is 48.5 Å². The molecule has 0 saturated carbocycles. The summed E-state index contributed by atoms with van der Waals surface area (Å²) in [6.07, 6.45) is 0. The van der Waals surface area contributed by atoms with Crippen LogP contribution in [0.5, 0.6) is 11.5 Å². The first kappa shape index (κ1) is 24.2. The molecule has 0 aliphatic rings. The fourth-order valence-corrected chi connectivity index (χ4v) is 3.99. The first-order chi connectivity index (χ1) is 17.1. The molecule has 0 radical (unpaired) electrons. The van der Waals surface area contributed by atoms with Gasteiger partial charge in [-0.05, 0) is 48.2 Å². The molecule has 4 aromatic rings. The lowest BCUT2D eigenvalue weighted by Gasteiger charge is -2.18. The molecule has 0 unspecified atom stereocenters. The van der Waals surface area contributed by atoms with Crippen LogP contribution in [0.15, 0.2) is 89.7 Å². The molecule has 0 aliphatic carbocycles. The number of nitrogens with two attached hydrogens (primary N) is 1. The van der Waals surface area contributed by atoms with Crippen LogP contribution < -0.4 is 21.3 Å². The third-order valence-electron chi connectivity index (χ3n) is 5.70. The van der Waals surface area contributed by atoms with Crippen LogP contribution in [0.4, 0.5) is 0 Å². The number of ether oxygens (including phenoxy) is 2. The lowest BCUT2D eigenvalue weighted by molar-refractivity contribution is -0.120. The SMILES string of the molecule is CCOCCn1c(=O)c(CN[C@H](C(N)=O)c2ccccc2)cc2ccc(Oc3ccccc3)cc21. The third kappa shape index (κ3) is 5.95. The summed E-state index contributed by atoms with van der Waals surface area (Å²) in [5, 5.41) is 4.04. The average molecular weight is 472 g/mol. The van der Waals surface area contributed by atoms with Gasteiger partial charge in [0.2, 0.25) is 5.91 Å². The van der Waals surface area contributed by atoms with Crippen LogP contribution in [0, 0.1) is 0 Å². The lowest BCUT2D eigenvalue weighted by Crippen LogP contribution is -2.35. The molecule has 0 aliphatic heterocycles. The molecule has 1 heterocycles. The number of rotatable bonds is 11. The van der Waals surface area contributed by atoms with Crippen molar-refractivity contribution in [3.63, 3.8) is 0 Å². The summed E-state index contributed by atoms with van der Waals surface area (Å²) in [6.45, 7) is 3.46. The largest absolute Gasteiger partial charge is 0.457 e. The molecule has 0 fully saturated rings. The smallest absolute Gasteiger partial charge is 0.255 e. The third-order valence-corrected chi connectivity index (χ3v) is 5.70. The van der Waals surface area contributed by atoms with Crippen LogP contribution in [0.25, 0.3) is 10.9 Å². The second-order valence-electron chi connectivity index (χ2n) is 8.09. The zero-order valence-electron chi connectivity index (χ0n) is 19.6. The number of primary amides is 1. The Balaban J connectivity index is 1.67. The number of amides is 1. The Bertz CT molecular complexity index is 1340. The Morgan fingerprint density at radius 2 is 1.69 bits per heavy atom. The van der Waals surface area contributed by atoms with Gasteiger partial charge in [0.25, 0.3) is 5.56 Å². The number of nitrogens with one attached hydrogen (secondary N) is 1. The number of nitrogens with zero attached hydrogens (tertiary/aromatic N) is 1. The van der Waals surface area contributed by atoms with Crippen molar-refractivity contribution in [1.82, 2.24) is 9.88 Å². The highest BCUT2D eigenvalue weighted by Crippen LogP contribution is 2.26. The summed E-state index contributed by atoms with van der Waals surface area (Å²) in [5.74, 6) is 0.850. The highest BCUT2D eigenvalue weighted by molar-refractivity contribution is 5.82. The van der Waals surface area contributed by atoms with Crippen LogP contribution in [0.1, 0.15) is 24.1 Å². The van der Waals surface area contributed by atoms with Gasteiger partial charge >= 0.3 is 0 Å². The molecule has 0 saturated heterocycles. The molecule has 35 heavy (non-hydrogen) atoms. The number of hydrogen-bond acceptors (Lipinski definition) is 5. The molecule has 4 rings (SSSR count). The Morgan fingerprint density at radius 1 is 0.971 bits per heavy atom. The molecule has 0 bridgehead atoms. The van der Waals surface area contributed by atoms with E-state index in [-0.39, 0.29) is 12.1 Å². The predicted molar refractivity (Wildman–Crippen MR) is 136 cm³/mol. The predicted octanol–water partition coefficient (Wildman–Crippen LogP) is 4.15. The highest BCUT2D eigenvalue weighted by Gasteiger charge is 2.18. The van der Waals surface area contributed by atoms with Gasteiger partial charge in [-0.3, -0.25) is 14.9 Å². The normalized spacial score (nSPS) is 11.9. The van der Waals surface area contributed by atoms with E-state index in [0.29, 0.717) is 36.8 Å². The maximum Gasteiger partial charge on any atom is 0.255 e. The van der Waals surface area contributed by atoms with Gasteiger partial charge in [0.15, 0.2) is 0 Å². The summed E-state index contributed by atoms with van der Waals surface area (Å²) in [6, 6.07) is 25.5. The molecular formula is C28H29N3O4. The Morgan fingerprint density at radius 3 is 2.37 bits per heavy atom. The van der Waals surface area contributed by atoms with Crippen molar-refractivity contribution in [2.45, 2.75) is 26.1 Å². The number of aromatic nitrogens is 1. The molecule has 7 heteroatoms. The van der Waals surface area contributed by atoms with E-state index >= 15 is 0 Å². The molecule has 1 atom stereocenters. The Hall–Kier alpha value is -3.94. The summed E-state index contributed by atoms with van der Waals surface area (Å²) >= 11 is 0. The number of hydrogen-bond donors (Lipinski definition) is 2. The minimum Gasteiger partial charge on any atom is -0.457 e. The van der Waals surface area contributed by atoms with Crippen molar-refractivity contribution in [1.29, 1.82) is 0 Å². The van der Waals surface area contributed by atoms with Gasteiger partial charge in [-0.25, -0.2) is 0 Å². The Kier molecular flexibility index (Phi) is 7.92. The topological polar surface area (TPSA) is 95.6 Å². The molecule has 1 amide bonds. The number of fused-ring (bicyclic) bond motifs is 1. The van der Waals surface area contributed by atoms with Crippen LogP contribution in [0.3, 0.4) is 0 Å². The minimum atomic E-state index is -0.704. The maximum atomic E-state index is 13.5. The number of pyridine rings is 1. The summed E-state index contributed by atoms with van der Waals surface area (Å²) < 4.78 is 13.2. The van der Waals surface area contributed by atoms with Gasteiger partial charge in [-0.2, -0.15) is 0 Å². The van der Waals surface area contributed by atoms with Gasteiger partial charge < -0.3 is 19.8 Å². The fourth-order valence-electron chi connectivity index (χ4n) is 3.99. The van der Waals surface area contributed by atoms with Gasteiger partial charge in [0.1, 0.15) is 17.5 Å².